The Bertz CT molecular complexity index is 959. The molecule has 1 saturated carbocycles. The van der Waals surface area contributed by atoms with Gasteiger partial charge < -0.3 is 11.1 Å². The van der Waals surface area contributed by atoms with Crippen molar-refractivity contribution < 1.29 is 0 Å². The summed E-state index contributed by atoms with van der Waals surface area (Å²) in [5, 5.41) is 11.8. The van der Waals surface area contributed by atoms with Crippen molar-refractivity contribution in [2.24, 2.45) is 7.05 Å². The van der Waals surface area contributed by atoms with Gasteiger partial charge in [0.25, 0.3) is 0 Å². The van der Waals surface area contributed by atoms with Gasteiger partial charge in [-0.2, -0.15) is 0 Å². The molecule has 0 radical (unpaired) electrons. The van der Waals surface area contributed by atoms with Crippen LogP contribution in [0.3, 0.4) is 0 Å². The van der Waals surface area contributed by atoms with Gasteiger partial charge in [-0.15, -0.1) is 5.10 Å². The van der Waals surface area contributed by atoms with Crippen molar-refractivity contribution in [3.63, 3.8) is 0 Å². The zero-order chi connectivity index (χ0) is 19.5. The molecule has 8 heteroatoms. The average molecular weight is 378 g/mol. The molecule has 3 aromatic rings. The van der Waals surface area contributed by atoms with E-state index in [2.05, 4.69) is 25.6 Å². The minimum absolute atomic E-state index is 0.512. The molecule has 0 bridgehead atoms. The molecule has 0 amide bonds. The smallest absolute Gasteiger partial charge is 0.223 e. The van der Waals surface area contributed by atoms with E-state index in [4.69, 9.17) is 10.7 Å². The predicted molar refractivity (Wildman–Crippen MR) is 109 cm³/mol. The van der Waals surface area contributed by atoms with Crippen molar-refractivity contribution in [3.8, 4) is 11.4 Å². The van der Waals surface area contributed by atoms with Crippen LogP contribution in [0, 0.1) is 6.92 Å². The van der Waals surface area contributed by atoms with E-state index < -0.39 is 0 Å². The standard InChI is InChI=1S/C20H26N8/c1-13-15(21)8-9-17(24-13)19-18(28(2)27-26-19)12-23-20-22-11-10-16(25-20)14-6-4-3-5-7-14/h8-11,14H,3-7,12,21H2,1-2H3,(H,22,23,25). The molecule has 1 aliphatic carbocycles. The Kier molecular flexibility index (Phi) is 5.18. The van der Waals surface area contributed by atoms with Gasteiger partial charge in [0.15, 0.2) is 0 Å². The second-order valence-electron chi connectivity index (χ2n) is 7.37. The van der Waals surface area contributed by atoms with Crippen LogP contribution >= 0.6 is 0 Å². The van der Waals surface area contributed by atoms with Gasteiger partial charge in [-0.3, -0.25) is 0 Å². The maximum absolute atomic E-state index is 5.89. The molecule has 28 heavy (non-hydrogen) atoms. The molecule has 3 heterocycles. The summed E-state index contributed by atoms with van der Waals surface area (Å²) in [5.74, 6) is 1.19. The predicted octanol–water partition coefficient (Wildman–Crippen LogP) is 3.22. The lowest BCUT2D eigenvalue weighted by molar-refractivity contribution is 0.436. The third-order valence-electron chi connectivity index (χ3n) is 5.43. The van der Waals surface area contributed by atoms with Gasteiger partial charge in [0.2, 0.25) is 5.95 Å². The summed E-state index contributed by atoms with van der Waals surface area (Å²) in [7, 11) is 1.87. The summed E-state index contributed by atoms with van der Waals surface area (Å²) < 4.78 is 1.75. The van der Waals surface area contributed by atoms with Gasteiger partial charge in [-0.05, 0) is 38.0 Å². The van der Waals surface area contributed by atoms with Gasteiger partial charge in [0, 0.05) is 24.9 Å². The zero-order valence-corrected chi connectivity index (χ0v) is 16.4. The fourth-order valence-electron chi connectivity index (χ4n) is 3.72. The van der Waals surface area contributed by atoms with Crippen molar-refractivity contribution in [3.05, 3.63) is 41.5 Å². The van der Waals surface area contributed by atoms with E-state index in [1.54, 1.807) is 4.68 Å². The number of rotatable bonds is 5. The first-order valence-corrected chi connectivity index (χ1v) is 9.80. The van der Waals surface area contributed by atoms with Crippen LogP contribution in [0.2, 0.25) is 0 Å². The third kappa shape index (κ3) is 3.81. The molecule has 0 aliphatic heterocycles. The number of aromatic nitrogens is 6. The van der Waals surface area contributed by atoms with Crippen molar-refractivity contribution in [1.29, 1.82) is 0 Å². The zero-order valence-electron chi connectivity index (χ0n) is 16.4. The third-order valence-corrected chi connectivity index (χ3v) is 5.43. The number of hydrogen-bond acceptors (Lipinski definition) is 7. The molecule has 3 aromatic heterocycles. The molecular weight excluding hydrogens is 352 g/mol. The van der Waals surface area contributed by atoms with E-state index in [1.165, 1.54) is 32.1 Å². The molecule has 4 rings (SSSR count). The summed E-state index contributed by atoms with van der Waals surface area (Å²) in [6.07, 6.45) is 8.18. The lowest BCUT2D eigenvalue weighted by Gasteiger charge is -2.21. The van der Waals surface area contributed by atoms with Crippen LogP contribution in [0.5, 0.6) is 0 Å². The molecule has 0 saturated heterocycles. The highest BCUT2D eigenvalue weighted by Gasteiger charge is 2.18. The Balaban J connectivity index is 1.52. The molecule has 8 nitrogen and oxygen atoms in total. The SMILES string of the molecule is Cc1nc(-c2nnn(C)c2CNc2nccc(C3CCCCC3)n2)ccc1N. The number of nitrogens with zero attached hydrogens (tertiary/aromatic N) is 6. The second-order valence-corrected chi connectivity index (χ2v) is 7.37. The Morgan fingerprint density at radius 1 is 1.14 bits per heavy atom. The Labute approximate surface area is 164 Å². The van der Waals surface area contributed by atoms with E-state index in [1.807, 2.05) is 38.4 Å². The van der Waals surface area contributed by atoms with E-state index in [-0.39, 0.29) is 0 Å². The molecular formula is C20H26N8. The molecule has 1 fully saturated rings. The van der Waals surface area contributed by atoms with Crippen LogP contribution in [-0.4, -0.2) is 29.9 Å². The maximum Gasteiger partial charge on any atom is 0.223 e. The molecule has 0 aromatic carbocycles. The molecule has 0 unspecified atom stereocenters. The van der Waals surface area contributed by atoms with E-state index >= 15 is 0 Å². The summed E-state index contributed by atoms with van der Waals surface area (Å²) in [4.78, 5) is 13.7. The van der Waals surface area contributed by atoms with Crippen molar-refractivity contribution in [1.82, 2.24) is 29.9 Å². The van der Waals surface area contributed by atoms with Crippen molar-refractivity contribution >= 4 is 11.6 Å². The summed E-state index contributed by atoms with van der Waals surface area (Å²) >= 11 is 0. The summed E-state index contributed by atoms with van der Waals surface area (Å²) in [5.41, 5.74) is 10.9. The van der Waals surface area contributed by atoms with Crippen LogP contribution in [0.25, 0.3) is 11.4 Å². The van der Waals surface area contributed by atoms with Gasteiger partial charge in [0.05, 0.1) is 29.3 Å². The fourth-order valence-corrected chi connectivity index (χ4v) is 3.72. The minimum atomic E-state index is 0.512. The van der Waals surface area contributed by atoms with Crippen molar-refractivity contribution in [2.45, 2.75) is 51.5 Å². The summed E-state index contributed by atoms with van der Waals surface area (Å²) in [6.45, 7) is 2.40. The van der Waals surface area contributed by atoms with Gasteiger partial charge in [-0.1, -0.05) is 24.5 Å². The van der Waals surface area contributed by atoms with Crippen LogP contribution in [-0.2, 0) is 13.6 Å². The Hall–Kier alpha value is -3.03. The fraction of sp³-hybridized carbons (Fsp3) is 0.450. The summed E-state index contributed by atoms with van der Waals surface area (Å²) in [6, 6.07) is 5.76. The number of hydrogen-bond donors (Lipinski definition) is 2. The van der Waals surface area contributed by atoms with E-state index in [0.29, 0.717) is 24.1 Å². The number of anilines is 2. The average Bonchev–Trinajstić information content (AvgIpc) is 3.10. The molecule has 146 valence electrons. The Morgan fingerprint density at radius 2 is 1.96 bits per heavy atom. The highest BCUT2D eigenvalue weighted by molar-refractivity contribution is 5.60. The lowest BCUT2D eigenvalue weighted by Crippen LogP contribution is -2.12. The molecule has 1 aliphatic rings. The van der Waals surface area contributed by atoms with Crippen LogP contribution < -0.4 is 11.1 Å². The first-order chi connectivity index (χ1) is 13.6. The number of nitrogen functional groups attached to an aromatic ring is 1. The number of nitrogens with one attached hydrogen (secondary N) is 1. The molecule has 0 atom stereocenters. The number of nitrogens with two attached hydrogens (primary N) is 1. The molecule has 0 spiro atoms. The molecule has 3 N–H and O–H groups in total. The normalized spacial score (nSPS) is 14.9. The number of aryl methyl sites for hydroxylation is 2. The van der Waals surface area contributed by atoms with Gasteiger partial charge in [0.1, 0.15) is 5.69 Å². The number of pyridine rings is 1. The van der Waals surface area contributed by atoms with Crippen molar-refractivity contribution in [2.75, 3.05) is 11.1 Å². The topological polar surface area (TPSA) is 107 Å². The highest BCUT2D eigenvalue weighted by Crippen LogP contribution is 2.31. The maximum atomic E-state index is 5.89. The van der Waals surface area contributed by atoms with Crippen LogP contribution in [0.4, 0.5) is 11.6 Å². The monoisotopic (exact) mass is 378 g/mol. The van der Waals surface area contributed by atoms with Crippen LogP contribution in [0.15, 0.2) is 24.4 Å². The highest BCUT2D eigenvalue weighted by atomic mass is 15.4. The van der Waals surface area contributed by atoms with E-state index in [9.17, 15) is 0 Å². The van der Waals surface area contributed by atoms with E-state index in [0.717, 1.165) is 28.5 Å². The minimum Gasteiger partial charge on any atom is -0.397 e. The van der Waals surface area contributed by atoms with Gasteiger partial charge in [-0.25, -0.2) is 19.6 Å². The second kappa shape index (κ2) is 7.92. The quantitative estimate of drug-likeness (QED) is 0.702. The first kappa shape index (κ1) is 18.3. The Morgan fingerprint density at radius 3 is 2.75 bits per heavy atom. The van der Waals surface area contributed by atoms with Gasteiger partial charge >= 0.3 is 0 Å². The largest absolute Gasteiger partial charge is 0.397 e. The van der Waals surface area contributed by atoms with Crippen LogP contribution in [0.1, 0.15) is 55.1 Å². The lowest BCUT2D eigenvalue weighted by atomic mass is 9.87. The first-order valence-electron chi connectivity index (χ1n) is 9.80.